The van der Waals surface area contributed by atoms with Crippen LogP contribution in [0, 0.1) is 0 Å². The monoisotopic (exact) mass is 260 g/mol. The maximum Gasteiger partial charge on any atom is 0.102 e. The average molecular weight is 261 g/mol. The topological polar surface area (TPSA) is 49.7 Å². The van der Waals surface area contributed by atoms with Gasteiger partial charge in [0.2, 0.25) is 0 Å². The molecule has 0 bridgehead atoms. The van der Waals surface area contributed by atoms with Crippen molar-refractivity contribution < 1.29 is 14.9 Å². The molecule has 4 heteroatoms. The molecular formula is C10H13BrO3. The molecule has 0 saturated carbocycles. The van der Waals surface area contributed by atoms with Crippen LogP contribution in [-0.4, -0.2) is 30.0 Å². The van der Waals surface area contributed by atoms with E-state index in [4.69, 9.17) is 9.84 Å². The summed E-state index contributed by atoms with van der Waals surface area (Å²) in [7, 11) is 0. The highest BCUT2D eigenvalue weighted by Crippen LogP contribution is 2.16. The Balaban J connectivity index is 2.43. The molecule has 0 aliphatic rings. The van der Waals surface area contributed by atoms with E-state index in [1.165, 1.54) is 0 Å². The van der Waals surface area contributed by atoms with Gasteiger partial charge in [0.1, 0.15) is 6.10 Å². The maximum absolute atomic E-state index is 9.62. The summed E-state index contributed by atoms with van der Waals surface area (Å²) in [6.07, 6.45) is -0.630. The molecular weight excluding hydrogens is 248 g/mol. The van der Waals surface area contributed by atoms with Gasteiger partial charge in [0.15, 0.2) is 0 Å². The number of hydrogen-bond acceptors (Lipinski definition) is 3. The van der Waals surface area contributed by atoms with E-state index in [0.717, 1.165) is 10.0 Å². The lowest BCUT2D eigenvalue weighted by Gasteiger charge is -2.10. The SMILES string of the molecule is OCCOCC(O)c1ccc(Br)cc1. The number of rotatable bonds is 5. The van der Waals surface area contributed by atoms with Gasteiger partial charge in [-0.25, -0.2) is 0 Å². The minimum absolute atomic E-state index is 0.0208. The van der Waals surface area contributed by atoms with Crippen LogP contribution in [0.25, 0.3) is 0 Å². The molecule has 0 aliphatic carbocycles. The predicted molar refractivity (Wildman–Crippen MR) is 57.0 cm³/mol. The van der Waals surface area contributed by atoms with Crippen molar-refractivity contribution in [2.45, 2.75) is 6.10 Å². The van der Waals surface area contributed by atoms with Gasteiger partial charge in [0, 0.05) is 4.47 Å². The zero-order valence-electron chi connectivity index (χ0n) is 7.69. The lowest BCUT2D eigenvalue weighted by atomic mass is 10.1. The number of aliphatic hydroxyl groups is 2. The van der Waals surface area contributed by atoms with E-state index in [-0.39, 0.29) is 19.8 Å². The highest BCUT2D eigenvalue weighted by molar-refractivity contribution is 9.10. The van der Waals surface area contributed by atoms with E-state index in [0.29, 0.717) is 0 Å². The van der Waals surface area contributed by atoms with Gasteiger partial charge in [-0.1, -0.05) is 28.1 Å². The van der Waals surface area contributed by atoms with Crippen molar-refractivity contribution in [1.29, 1.82) is 0 Å². The highest BCUT2D eigenvalue weighted by atomic mass is 79.9. The van der Waals surface area contributed by atoms with Crippen LogP contribution in [0.15, 0.2) is 28.7 Å². The molecule has 78 valence electrons. The molecule has 1 rings (SSSR count). The van der Waals surface area contributed by atoms with Crippen molar-refractivity contribution in [3.05, 3.63) is 34.3 Å². The Kier molecular flexibility index (Phi) is 5.11. The van der Waals surface area contributed by atoms with Crippen molar-refractivity contribution in [2.75, 3.05) is 19.8 Å². The van der Waals surface area contributed by atoms with Crippen LogP contribution in [0.2, 0.25) is 0 Å². The van der Waals surface area contributed by atoms with Gasteiger partial charge in [0.05, 0.1) is 19.8 Å². The number of hydrogen-bond donors (Lipinski definition) is 2. The molecule has 14 heavy (non-hydrogen) atoms. The lowest BCUT2D eigenvalue weighted by Crippen LogP contribution is -2.09. The van der Waals surface area contributed by atoms with E-state index in [1.54, 1.807) is 0 Å². The Morgan fingerprint density at radius 3 is 2.50 bits per heavy atom. The van der Waals surface area contributed by atoms with E-state index < -0.39 is 6.10 Å². The lowest BCUT2D eigenvalue weighted by molar-refractivity contribution is 0.0206. The summed E-state index contributed by atoms with van der Waals surface area (Å²) in [6.45, 7) is 0.447. The number of ether oxygens (including phenoxy) is 1. The fourth-order valence-electron chi connectivity index (χ4n) is 1.04. The van der Waals surface area contributed by atoms with Gasteiger partial charge < -0.3 is 14.9 Å². The summed E-state index contributed by atoms with van der Waals surface area (Å²) in [5.74, 6) is 0. The summed E-state index contributed by atoms with van der Waals surface area (Å²) in [4.78, 5) is 0. The van der Waals surface area contributed by atoms with Gasteiger partial charge in [-0.2, -0.15) is 0 Å². The summed E-state index contributed by atoms with van der Waals surface area (Å²) < 4.78 is 5.99. The van der Waals surface area contributed by atoms with Crippen molar-refractivity contribution in [1.82, 2.24) is 0 Å². The first-order chi connectivity index (χ1) is 6.74. The highest BCUT2D eigenvalue weighted by Gasteiger charge is 2.06. The number of halogens is 1. The second kappa shape index (κ2) is 6.14. The first-order valence-electron chi connectivity index (χ1n) is 4.36. The molecule has 0 saturated heterocycles. The van der Waals surface area contributed by atoms with E-state index in [1.807, 2.05) is 24.3 Å². The minimum atomic E-state index is -0.630. The molecule has 1 aromatic rings. The van der Waals surface area contributed by atoms with Gasteiger partial charge in [-0.05, 0) is 17.7 Å². The molecule has 0 aromatic heterocycles. The van der Waals surface area contributed by atoms with Crippen LogP contribution >= 0.6 is 15.9 Å². The maximum atomic E-state index is 9.62. The minimum Gasteiger partial charge on any atom is -0.394 e. The Morgan fingerprint density at radius 1 is 1.29 bits per heavy atom. The fourth-order valence-corrected chi connectivity index (χ4v) is 1.31. The van der Waals surface area contributed by atoms with Gasteiger partial charge in [-0.15, -0.1) is 0 Å². The van der Waals surface area contributed by atoms with Crippen LogP contribution < -0.4 is 0 Å². The Morgan fingerprint density at radius 2 is 1.93 bits per heavy atom. The van der Waals surface area contributed by atoms with Crippen LogP contribution in [0.3, 0.4) is 0 Å². The Hall–Kier alpha value is -0.420. The summed E-state index contributed by atoms with van der Waals surface area (Å²) >= 11 is 3.31. The zero-order valence-corrected chi connectivity index (χ0v) is 9.27. The molecule has 1 aromatic carbocycles. The Labute approximate surface area is 91.5 Å². The first kappa shape index (κ1) is 11.7. The van der Waals surface area contributed by atoms with Crippen molar-refractivity contribution >= 4 is 15.9 Å². The van der Waals surface area contributed by atoms with Crippen LogP contribution in [0.1, 0.15) is 11.7 Å². The zero-order chi connectivity index (χ0) is 10.4. The van der Waals surface area contributed by atoms with Gasteiger partial charge >= 0.3 is 0 Å². The number of aliphatic hydroxyl groups excluding tert-OH is 2. The molecule has 0 radical (unpaired) electrons. The molecule has 2 N–H and O–H groups in total. The second-order valence-electron chi connectivity index (χ2n) is 2.87. The smallest absolute Gasteiger partial charge is 0.102 e. The molecule has 0 amide bonds. The van der Waals surface area contributed by atoms with Gasteiger partial charge in [-0.3, -0.25) is 0 Å². The van der Waals surface area contributed by atoms with Crippen LogP contribution in [-0.2, 0) is 4.74 Å². The normalized spacial score (nSPS) is 12.8. The van der Waals surface area contributed by atoms with E-state index in [2.05, 4.69) is 15.9 Å². The molecule has 0 fully saturated rings. The molecule has 0 heterocycles. The molecule has 1 unspecified atom stereocenters. The molecule has 3 nitrogen and oxygen atoms in total. The Bertz CT molecular complexity index is 261. The quantitative estimate of drug-likeness (QED) is 0.789. The van der Waals surface area contributed by atoms with Crippen LogP contribution in [0.5, 0.6) is 0 Å². The predicted octanol–water partition coefficient (Wildman–Crippen LogP) is 1.49. The largest absolute Gasteiger partial charge is 0.394 e. The van der Waals surface area contributed by atoms with Crippen LogP contribution in [0.4, 0.5) is 0 Å². The third kappa shape index (κ3) is 3.75. The summed E-state index contributed by atoms with van der Waals surface area (Å²) in [6, 6.07) is 7.39. The third-order valence-electron chi connectivity index (χ3n) is 1.77. The summed E-state index contributed by atoms with van der Waals surface area (Å²) in [5.41, 5.74) is 0.811. The van der Waals surface area contributed by atoms with E-state index in [9.17, 15) is 5.11 Å². The number of benzene rings is 1. The van der Waals surface area contributed by atoms with Gasteiger partial charge in [0.25, 0.3) is 0 Å². The molecule has 0 aliphatic heterocycles. The average Bonchev–Trinajstić information content (AvgIpc) is 2.19. The van der Waals surface area contributed by atoms with E-state index >= 15 is 0 Å². The second-order valence-corrected chi connectivity index (χ2v) is 3.78. The molecule has 1 atom stereocenters. The summed E-state index contributed by atoms with van der Waals surface area (Å²) in [5, 5.41) is 18.1. The standard InChI is InChI=1S/C10H13BrO3/c11-9-3-1-8(2-4-9)10(13)7-14-6-5-12/h1-4,10,12-13H,5-7H2. The first-order valence-corrected chi connectivity index (χ1v) is 5.15. The van der Waals surface area contributed by atoms with Crippen molar-refractivity contribution in [3.63, 3.8) is 0 Å². The molecule has 0 spiro atoms. The van der Waals surface area contributed by atoms with Crippen molar-refractivity contribution in [2.24, 2.45) is 0 Å². The fraction of sp³-hybridized carbons (Fsp3) is 0.400. The third-order valence-corrected chi connectivity index (χ3v) is 2.29. The van der Waals surface area contributed by atoms with Crippen molar-refractivity contribution in [3.8, 4) is 0 Å².